The Hall–Kier alpha value is -2.73. The van der Waals surface area contributed by atoms with Crippen LogP contribution in [0.1, 0.15) is 10.4 Å². The SMILES string of the molecule is COCCOc1ccccc1C(=O)Nc1ccc(N)cc1OC. The summed E-state index contributed by atoms with van der Waals surface area (Å²) < 4.78 is 15.8. The summed E-state index contributed by atoms with van der Waals surface area (Å²) in [6, 6.07) is 12.1. The first-order valence-electron chi connectivity index (χ1n) is 7.11. The molecular weight excluding hydrogens is 296 g/mol. The Kier molecular flexibility index (Phi) is 5.82. The van der Waals surface area contributed by atoms with Crippen LogP contribution in [0.2, 0.25) is 0 Å². The molecule has 122 valence electrons. The number of nitrogen functional groups attached to an aromatic ring is 1. The number of ether oxygens (including phenoxy) is 3. The lowest BCUT2D eigenvalue weighted by Gasteiger charge is -2.13. The lowest BCUT2D eigenvalue weighted by molar-refractivity contribution is 0.101. The van der Waals surface area contributed by atoms with Gasteiger partial charge < -0.3 is 25.3 Å². The summed E-state index contributed by atoms with van der Waals surface area (Å²) >= 11 is 0. The molecule has 0 spiro atoms. The van der Waals surface area contributed by atoms with Crippen LogP contribution in [0.5, 0.6) is 11.5 Å². The molecule has 6 heteroatoms. The van der Waals surface area contributed by atoms with Gasteiger partial charge in [-0.05, 0) is 24.3 Å². The minimum absolute atomic E-state index is 0.291. The van der Waals surface area contributed by atoms with Crippen molar-refractivity contribution in [1.82, 2.24) is 0 Å². The molecule has 0 aliphatic rings. The quantitative estimate of drug-likeness (QED) is 0.606. The van der Waals surface area contributed by atoms with Gasteiger partial charge in [0.05, 0.1) is 25.0 Å². The normalized spacial score (nSPS) is 10.2. The number of amides is 1. The Balaban J connectivity index is 2.18. The van der Waals surface area contributed by atoms with Crippen LogP contribution in [0, 0.1) is 0 Å². The van der Waals surface area contributed by atoms with E-state index in [2.05, 4.69) is 5.32 Å². The van der Waals surface area contributed by atoms with Crippen molar-refractivity contribution in [3.05, 3.63) is 48.0 Å². The summed E-state index contributed by atoms with van der Waals surface area (Å²) in [6.45, 7) is 0.813. The van der Waals surface area contributed by atoms with Gasteiger partial charge in [-0.3, -0.25) is 4.79 Å². The minimum atomic E-state index is -0.291. The molecule has 23 heavy (non-hydrogen) atoms. The monoisotopic (exact) mass is 316 g/mol. The van der Waals surface area contributed by atoms with Crippen molar-refractivity contribution in [2.75, 3.05) is 38.5 Å². The molecular formula is C17H20N2O4. The molecule has 0 aromatic heterocycles. The maximum absolute atomic E-state index is 12.5. The highest BCUT2D eigenvalue weighted by Gasteiger charge is 2.14. The standard InChI is InChI=1S/C17H20N2O4/c1-21-9-10-23-15-6-4-3-5-13(15)17(20)19-14-8-7-12(18)11-16(14)22-2/h3-8,11H,9-10,18H2,1-2H3,(H,19,20). The van der Waals surface area contributed by atoms with Crippen molar-refractivity contribution in [3.63, 3.8) is 0 Å². The summed E-state index contributed by atoms with van der Waals surface area (Å²) in [6.07, 6.45) is 0. The Morgan fingerprint density at radius 1 is 1.09 bits per heavy atom. The number of hydrogen-bond donors (Lipinski definition) is 2. The molecule has 0 fully saturated rings. The number of nitrogens with two attached hydrogens (primary N) is 1. The van der Waals surface area contributed by atoms with Gasteiger partial charge in [0, 0.05) is 18.9 Å². The highest BCUT2D eigenvalue weighted by Crippen LogP contribution is 2.28. The third-order valence-corrected chi connectivity index (χ3v) is 3.15. The van der Waals surface area contributed by atoms with E-state index in [1.54, 1.807) is 43.5 Å². The predicted octanol–water partition coefficient (Wildman–Crippen LogP) is 2.55. The Bertz CT molecular complexity index is 673. The third kappa shape index (κ3) is 4.37. The molecule has 2 rings (SSSR count). The number of para-hydroxylation sites is 1. The second kappa shape index (κ2) is 8.05. The van der Waals surface area contributed by atoms with Crippen LogP contribution < -0.4 is 20.5 Å². The average Bonchev–Trinajstić information content (AvgIpc) is 2.57. The number of carbonyl (C=O) groups is 1. The summed E-state index contributed by atoms with van der Waals surface area (Å²) in [4.78, 5) is 12.5. The molecule has 0 heterocycles. The number of benzene rings is 2. The molecule has 3 N–H and O–H groups in total. The van der Waals surface area contributed by atoms with Gasteiger partial charge in [0.15, 0.2) is 0 Å². The van der Waals surface area contributed by atoms with Gasteiger partial charge in [0.25, 0.3) is 5.91 Å². The zero-order chi connectivity index (χ0) is 16.7. The van der Waals surface area contributed by atoms with E-state index in [0.717, 1.165) is 0 Å². The zero-order valence-corrected chi connectivity index (χ0v) is 13.2. The number of methoxy groups -OCH3 is 2. The molecule has 1 amide bonds. The molecule has 2 aromatic carbocycles. The second-order valence-corrected chi connectivity index (χ2v) is 4.75. The Morgan fingerprint density at radius 3 is 2.61 bits per heavy atom. The van der Waals surface area contributed by atoms with Crippen molar-refractivity contribution in [2.45, 2.75) is 0 Å². The van der Waals surface area contributed by atoms with E-state index in [1.807, 2.05) is 6.07 Å². The fourth-order valence-corrected chi connectivity index (χ4v) is 2.02. The first-order valence-corrected chi connectivity index (χ1v) is 7.11. The molecule has 0 atom stereocenters. The minimum Gasteiger partial charge on any atom is -0.494 e. The van der Waals surface area contributed by atoms with Gasteiger partial charge in [-0.1, -0.05) is 12.1 Å². The Labute approximate surface area is 135 Å². The maximum atomic E-state index is 12.5. The van der Waals surface area contributed by atoms with E-state index in [9.17, 15) is 4.79 Å². The third-order valence-electron chi connectivity index (χ3n) is 3.15. The first kappa shape index (κ1) is 16.6. The van der Waals surface area contributed by atoms with Gasteiger partial charge in [-0.2, -0.15) is 0 Å². The second-order valence-electron chi connectivity index (χ2n) is 4.75. The first-order chi connectivity index (χ1) is 11.2. The molecule has 0 unspecified atom stereocenters. The van der Waals surface area contributed by atoms with Crippen molar-refractivity contribution in [2.24, 2.45) is 0 Å². The van der Waals surface area contributed by atoms with Crippen molar-refractivity contribution >= 4 is 17.3 Å². The van der Waals surface area contributed by atoms with E-state index < -0.39 is 0 Å². The van der Waals surface area contributed by atoms with Crippen LogP contribution in [0.15, 0.2) is 42.5 Å². The van der Waals surface area contributed by atoms with E-state index in [0.29, 0.717) is 41.7 Å². The summed E-state index contributed by atoms with van der Waals surface area (Å²) in [7, 11) is 3.11. The van der Waals surface area contributed by atoms with E-state index in [-0.39, 0.29) is 5.91 Å². The predicted molar refractivity (Wildman–Crippen MR) is 89.2 cm³/mol. The highest BCUT2D eigenvalue weighted by atomic mass is 16.5. The number of anilines is 2. The summed E-state index contributed by atoms with van der Waals surface area (Å²) in [5.74, 6) is 0.702. The van der Waals surface area contributed by atoms with E-state index in [1.165, 1.54) is 7.11 Å². The fourth-order valence-electron chi connectivity index (χ4n) is 2.02. The number of nitrogens with one attached hydrogen (secondary N) is 1. The molecule has 0 saturated heterocycles. The molecule has 0 bridgehead atoms. The lowest BCUT2D eigenvalue weighted by atomic mass is 10.1. The van der Waals surface area contributed by atoms with Crippen LogP contribution in [0.4, 0.5) is 11.4 Å². The molecule has 2 aromatic rings. The van der Waals surface area contributed by atoms with Crippen molar-refractivity contribution in [3.8, 4) is 11.5 Å². The maximum Gasteiger partial charge on any atom is 0.259 e. The fraction of sp³-hybridized carbons (Fsp3) is 0.235. The van der Waals surface area contributed by atoms with E-state index >= 15 is 0 Å². The summed E-state index contributed by atoms with van der Waals surface area (Å²) in [5, 5.41) is 2.81. The van der Waals surface area contributed by atoms with E-state index in [4.69, 9.17) is 19.9 Å². The lowest BCUT2D eigenvalue weighted by Crippen LogP contribution is -2.15. The summed E-state index contributed by atoms with van der Waals surface area (Å²) in [5.41, 5.74) is 7.24. The van der Waals surface area contributed by atoms with Gasteiger partial charge in [0.2, 0.25) is 0 Å². The molecule has 0 aliphatic heterocycles. The number of hydrogen-bond acceptors (Lipinski definition) is 5. The molecule has 0 aliphatic carbocycles. The topological polar surface area (TPSA) is 82.8 Å². The largest absolute Gasteiger partial charge is 0.494 e. The van der Waals surface area contributed by atoms with Crippen molar-refractivity contribution in [1.29, 1.82) is 0 Å². The van der Waals surface area contributed by atoms with Crippen LogP contribution >= 0.6 is 0 Å². The molecule has 0 radical (unpaired) electrons. The average molecular weight is 316 g/mol. The molecule has 0 saturated carbocycles. The van der Waals surface area contributed by atoms with Crippen LogP contribution in [-0.4, -0.2) is 33.3 Å². The Morgan fingerprint density at radius 2 is 1.87 bits per heavy atom. The zero-order valence-electron chi connectivity index (χ0n) is 13.2. The highest BCUT2D eigenvalue weighted by molar-refractivity contribution is 6.07. The number of rotatable bonds is 7. The molecule has 6 nitrogen and oxygen atoms in total. The van der Waals surface area contributed by atoms with Gasteiger partial charge in [-0.15, -0.1) is 0 Å². The number of carbonyl (C=O) groups excluding carboxylic acids is 1. The van der Waals surface area contributed by atoms with Gasteiger partial charge >= 0.3 is 0 Å². The van der Waals surface area contributed by atoms with Crippen LogP contribution in [0.25, 0.3) is 0 Å². The van der Waals surface area contributed by atoms with Gasteiger partial charge in [-0.25, -0.2) is 0 Å². The van der Waals surface area contributed by atoms with Gasteiger partial charge in [0.1, 0.15) is 18.1 Å². The van der Waals surface area contributed by atoms with Crippen molar-refractivity contribution < 1.29 is 19.0 Å². The van der Waals surface area contributed by atoms with Crippen LogP contribution in [0.3, 0.4) is 0 Å². The smallest absolute Gasteiger partial charge is 0.259 e. The van der Waals surface area contributed by atoms with Crippen LogP contribution in [-0.2, 0) is 4.74 Å².